The third-order valence-electron chi connectivity index (χ3n) is 3.04. The van der Waals surface area contributed by atoms with Crippen LogP contribution in [0.4, 0.5) is 9.70 Å². The first-order valence-electron chi connectivity index (χ1n) is 5.56. The van der Waals surface area contributed by atoms with Crippen molar-refractivity contribution in [2.24, 2.45) is 0 Å². The molecule has 2 rings (SSSR count). The number of rotatable bonds is 3. The highest BCUT2D eigenvalue weighted by molar-refractivity contribution is 7.95. The SMILES string of the molecule is Cc1cn(C2OC(CO)C(O)C2SF)c(=O)nc1N. The van der Waals surface area contributed by atoms with Crippen LogP contribution >= 0.6 is 12.1 Å². The van der Waals surface area contributed by atoms with E-state index < -0.39 is 36.0 Å². The van der Waals surface area contributed by atoms with Gasteiger partial charge in [-0.2, -0.15) is 8.87 Å². The molecule has 0 aliphatic carbocycles. The third kappa shape index (κ3) is 2.46. The average Bonchev–Trinajstić information content (AvgIpc) is 2.70. The second-order valence-electron chi connectivity index (χ2n) is 4.29. The van der Waals surface area contributed by atoms with Gasteiger partial charge in [-0.1, -0.05) is 0 Å². The number of halogens is 1. The predicted molar refractivity (Wildman–Crippen MR) is 67.1 cm³/mol. The Morgan fingerprint density at radius 1 is 1.68 bits per heavy atom. The predicted octanol–water partition coefficient (Wildman–Crippen LogP) is -0.629. The van der Waals surface area contributed by atoms with Crippen molar-refractivity contribution >= 4 is 18.0 Å². The fourth-order valence-electron chi connectivity index (χ4n) is 1.95. The van der Waals surface area contributed by atoms with E-state index in [-0.39, 0.29) is 18.0 Å². The van der Waals surface area contributed by atoms with Gasteiger partial charge < -0.3 is 20.7 Å². The maximum atomic E-state index is 12.9. The van der Waals surface area contributed by atoms with E-state index >= 15 is 0 Å². The summed E-state index contributed by atoms with van der Waals surface area (Å²) in [5, 5.41) is 17.8. The van der Waals surface area contributed by atoms with Gasteiger partial charge in [0.2, 0.25) is 0 Å². The lowest BCUT2D eigenvalue weighted by atomic mass is 10.2. The molecule has 19 heavy (non-hydrogen) atoms. The number of nitrogen functional groups attached to an aromatic ring is 1. The van der Waals surface area contributed by atoms with Gasteiger partial charge in [0.05, 0.1) is 18.8 Å². The van der Waals surface area contributed by atoms with Crippen molar-refractivity contribution in [2.45, 2.75) is 30.6 Å². The van der Waals surface area contributed by atoms with Gasteiger partial charge in [0.15, 0.2) is 6.23 Å². The molecule has 1 fully saturated rings. The molecule has 1 aliphatic heterocycles. The van der Waals surface area contributed by atoms with E-state index in [4.69, 9.17) is 15.6 Å². The number of ether oxygens (including phenoxy) is 1. The van der Waals surface area contributed by atoms with Gasteiger partial charge in [-0.25, -0.2) is 4.79 Å². The van der Waals surface area contributed by atoms with Crippen LogP contribution in [0.5, 0.6) is 0 Å². The summed E-state index contributed by atoms with van der Waals surface area (Å²) >= 11 is -0.124. The molecule has 1 aromatic heterocycles. The molecule has 106 valence electrons. The second-order valence-corrected chi connectivity index (χ2v) is 5.01. The second kappa shape index (κ2) is 5.45. The van der Waals surface area contributed by atoms with Gasteiger partial charge in [0.1, 0.15) is 23.3 Å². The molecule has 0 saturated carbocycles. The number of hydrogen-bond acceptors (Lipinski definition) is 7. The Bertz CT molecular complexity index is 526. The zero-order chi connectivity index (χ0) is 14.2. The number of aryl methyl sites for hydroxylation is 1. The molecule has 1 aromatic rings. The highest BCUT2D eigenvalue weighted by atomic mass is 32.2. The Kier molecular flexibility index (Phi) is 4.09. The lowest BCUT2D eigenvalue weighted by molar-refractivity contribution is -0.0457. The Morgan fingerprint density at radius 3 is 2.95 bits per heavy atom. The maximum Gasteiger partial charge on any atom is 0.351 e. The number of hydrogen-bond donors (Lipinski definition) is 3. The van der Waals surface area contributed by atoms with E-state index in [1.54, 1.807) is 6.92 Å². The lowest BCUT2D eigenvalue weighted by Gasteiger charge is -2.18. The number of anilines is 1. The first-order chi connectivity index (χ1) is 8.99. The van der Waals surface area contributed by atoms with Crippen molar-refractivity contribution in [3.05, 3.63) is 22.2 Å². The molecule has 9 heteroatoms. The van der Waals surface area contributed by atoms with Gasteiger partial charge in [0, 0.05) is 11.8 Å². The first-order valence-corrected chi connectivity index (χ1v) is 6.34. The number of nitrogens with two attached hydrogens (primary N) is 1. The summed E-state index contributed by atoms with van der Waals surface area (Å²) in [4.78, 5) is 15.4. The first kappa shape index (κ1) is 14.3. The minimum atomic E-state index is -1.21. The van der Waals surface area contributed by atoms with Gasteiger partial charge in [-0.15, -0.1) is 0 Å². The molecule has 0 aromatic carbocycles. The molecule has 2 heterocycles. The number of aliphatic hydroxyl groups is 2. The zero-order valence-corrected chi connectivity index (χ0v) is 10.9. The summed E-state index contributed by atoms with van der Waals surface area (Å²) < 4.78 is 19.3. The smallest absolute Gasteiger partial charge is 0.351 e. The van der Waals surface area contributed by atoms with Crippen LogP contribution in [0, 0.1) is 6.92 Å². The summed E-state index contributed by atoms with van der Waals surface area (Å²) in [5.74, 6) is 0.0861. The van der Waals surface area contributed by atoms with Crippen molar-refractivity contribution in [1.29, 1.82) is 0 Å². The van der Waals surface area contributed by atoms with Crippen LogP contribution in [0.25, 0.3) is 0 Å². The molecule has 4 N–H and O–H groups in total. The molecule has 0 radical (unpaired) electrons. The number of aromatic nitrogens is 2. The molecular formula is C10H14FN3O4S. The van der Waals surface area contributed by atoms with Crippen molar-refractivity contribution < 1.29 is 18.8 Å². The minimum Gasteiger partial charge on any atom is -0.394 e. The van der Waals surface area contributed by atoms with Gasteiger partial charge in [0.25, 0.3) is 0 Å². The Hall–Kier alpha value is -1.16. The largest absolute Gasteiger partial charge is 0.394 e. The van der Waals surface area contributed by atoms with Crippen LogP contribution in [-0.2, 0) is 4.74 Å². The molecule has 4 atom stereocenters. The third-order valence-corrected chi connectivity index (χ3v) is 3.76. The lowest BCUT2D eigenvalue weighted by Crippen LogP contribution is -2.34. The van der Waals surface area contributed by atoms with Gasteiger partial charge in [-0.05, 0) is 6.92 Å². The van der Waals surface area contributed by atoms with E-state index in [0.29, 0.717) is 5.56 Å². The van der Waals surface area contributed by atoms with E-state index in [9.17, 15) is 13.8 Å². The average molecular weight is 291 g/mol. The summed E-state index contributed by atoms with van der Waals surface area (Å²) in [6.07, 6.45) is -1.80. The maximum absolute atomic E-state index is 12.9. The summed E-state index contributed by atoms with van der Waals surface area (Å²) in [6.45, 7) is 1.18. The molecule has 7 nitrogen and oxygen atoms in total. The molecule has 4 unspecified atom stereocenters. The Labute approximate surface area is 112 Å². The van der Waals surface area contributed by atoms with Crippen LogP contribution in [0.1, 0.15) is 11.8 Å². The quantitative estimate of drug-likeness (QED) is 0.680. The van der Waals surface area contributed by atoms with E-state index in [0.717, 1.165) is 4.57 Å². The monoisotopic (exact) mass is 291 g/mol. The highest BCUT2D eigenvalue weighted by Gasteiger charge is 2.46. The van der Waals surface area contributed by atoms with E-state index in [1.807, 2.05) is 0 Å². The molecule has 0 bridgehead atoms. The molecule has 0 amide bonds. The fraction of sp³-hybridized carbons (Fsp3) is 0.600. The summed E-state index contributed by atoms with van der Waals surface area (Å²) in [5.41, 5.74) is 5.34. The zero-order valence-electron chi connectivity index (χ0n) is 10.1. The summed E-state index contributed by atoms with van der Waals surface area (Å²) in [7, 11) is 0. The van der Waals surface area contributed by atoms with E-state index in [2.05, 4.69) is 4.98 Å². The van der Waals surface area contributed by atoms with Crippen molar-refractivity contribution in [1.82, 2.24) is 9.55 Å². The van der Waals surface area contributed by atoms with Crippen molar-refractivity contribution in [3.8, 4) is 0 Å². The topological polar surface area (TPSA) is 111 Å². The number of nitrogens with zero attached hydrogens (tertiary/aromatic N) is 2. The number of aliphatic hydroxyl groups excluding tert-OH is 2. The van der Waals surface area contributed by atoms with Crippen LogP contribution in [-0.4, -0.2) is 43.8 Å². The van der Waals surface area contributed by atoms with Crippen molar-refractivity contribution in [3.63, 3.8) is 0 Å². The van der Waals surface area contributed by atoms with Crippen molar-refractivity contribution in [2.75, 3.05) is 12.3 Å². The van der Waals surface area contributed by atoms with Crippen LogP contribution in [0.3, 0.4) is 0 Å². The Morgan fingerprint density at radius 2 is 2.37 bits per heavy atom. The fourth-order valence-corrected chi connectivity index (χ4v) is 2.51. The summed E-state index contributed by atoms with van der Waals surface area (Å²) in [6, 6.07) is 0. The molecule has 1 saturated heterocycles. The van der Waals surface area contributed by atoms with E-state index in [1.165, 1.54) is 6.20 Å². The molecule has 0 spiro atoms. The normalized spacial score (nSPS) is 30.7. The Balaban J connectivity index is 2.41. The van der Waals surface area contributed by atoms with Crippen LogP contribution in [0.15, 0.2) is 11.0 Å². The molecular weight excluding hydrogens is 277 g/mol. The minimum absolute atomic E-state index is 0.0861. The van der Waals surface area contributed by atoms with Gasteiger partial charge in [-0.3, -0.25) is 4.57 Å². The van der Waals surface area contributed by atoms with Crippen LogP contribution in [0.2, 0.25) is 0 Å². The standard InChI is InChI=1S/C10H14FN3O4S/c1-4-2-14(10(17)13-8(4)12)9-7(19-11)6(16)5(3-15)18-9/h2,5-7,9,15-16H,3H2,1H3,(H2,12,13,17). The highest BCUT2D eigenvalue weighted by Crippen LogP contribution is 2.37. The van der Waals surface area contributed by atoms with Crippen LogP contribution < -0.4 is 11.4 Å². The van der Waals surface area contributed by atoms with Gasteiger partial charge >= 0.3 is 5.69 Å². The molecule has 1 aliphatic rings.